The first-order valence-corrected chi connectivity index (χ1v) is 10.9. The summed E-state index contributed by atoms with van der Waals surface area (Å²) in [7, 11) is 0. The molecule has 0 aromatic carbocycles. The lowest BCUT2D eigenvalue weighted by Gasteiger charge is -2.07. The standard InChI is InChI=1S/C20H28N4OS/c25-20(17-14-15-8-4-1-2-5-9-16(15)26-17)21-12-11-19-23-22-18-10-6-3-7-13-24(18)19/h14H,1-13H2,(H,21,25). The minimum Gasteiger partial charge on any atom is -0.351 e. The van der Waals surface area contributed by atoms with E-state index in [1.54, 1.807) is 11.3 Å². The maximum Gasteiger partial charge on any atom is 0.261 e. The first-order valence-electron chi connectivity index (χ1n) is 10.1. The van der Waals surface area contributed by atoms with Gasteiger partial charge in [0.05, 0.1) is 4.88 Å². The fraction of sp³-hybridized carbons (Fsp3) is 0.650. The molecular formula is C20H28N4OS. The van der Waals surface area contributed by atoms with E-state index in [1.807, 2.05) is 0 Å². The van der Waals surface area contributed by atoms with Gasteiger partial charge in [-0.25, -0.2) is 0 Å². The van der Waals surface area contributed by atoms with Gasteiger partial charge in [0.2, 0.25) is 0 Å². The Balaban J connectivity index is 1.34. The first-order chi connectivity index (χ1) is 12.8. The number of aromatic nitrogens is 3. The Morgan fingerprint density at radius 2 is 1.85 bits per heavy atom. The van der Waals surface area contributed by atoms with E-state index in [9.17, 15) is 4.79 Å². The summed E-state index contributed by atoms with van der Waals surface area (Å²) in [5.41, 5.74) is 1.41. The number of carbonyl (C=O) groups excluding carboxylic acids is 1. The number of thiophene rings is 1. The maximum atomic E-state index is 12.6. The Kier molecular flexibility index (Phi) is 5.68. The number of nitrogens with zero attached hydrogens (tertiary/aromatic N) is 3. The van der Waals surface area contributed by atoms with Crippen LogP contribution in [0.4, 0.5) is 0 Å². The third kappa shape index (κ3) is 4.00. The molecule has 1 N–H and O–H groups in total. The van der Waals surface area contributed by atoms with Gasteiger partial charge in [-0.1, -0.05) is 19.3 Å². The second-order valence-corrected chi connectivity index (χ2v) is 8.61. The van der Waals surface area contributed by atoms with Gasteiger partial charge in [0, 0.05) is 30.8 Å². The van der Waals surface area contributed by atoms with E-state index in [-0.39, 0.29) is 5.91 Å². The van der Waals surface area contributed by atoms with Crippen LogP contribution in [0.15, 0.2) is 6.07 Å². The van der Waals surface area contributed by atoms with E-state index >= 15 is 0 Å². The normalized spacial score (nSPS) is 17.5. The third-order valence-electron chi connectivity index (χ3n) is 5.54. The third-order valence-corrected chi connectivity index (χ3v) is 6.78. The molecule has 2 aromatic heterocycles. The van der Waals surface area contributed by atoms with Crippen molar-refractivity contribution in [2.24, 2.45) is 0 Å². The van der Waals surface area contributed by atoms with Gasteiger partial charge in [-0.2, -0.15) is 0 Å². The molecule has 0 bridgehead atoms. The highest BCUT2D eigenvalue weighted by atomic mass is 32.1. The molecule has 0 fully saturated rings. The molecule has 5 nitrogen and oxygen atoms in total. The minimum absolute atomic E-state index is 0.0670. The van der Waals surface area contributed by atoms with Crippen LogP contribution in [0.5, 0.6) is 0 Å². The summed E-state index contributed by atoms with van der Waals surface area (Å²) in [6.07, 6.45) is 12.9. The lowest BCUT2D eigenvalue weighted by atomic mass is 10.00. The number of nitrogens with one attached hydrogen (secondary N) is 1. The van der Waals surface area contributed by atoms with Crippen LogP contribution in [-0.4, -0.2) is 27.2 Å². The van der Waals surface area contributed by atoms with E-state index in [0.29, 0.717) is 6.54 Å². The molecule has 6 heteroatoms. The molecule has 0 spiro atoms. The molecule has 0 saturated heterocycles. The number of fused-ring (bicyclic) bond motifs is 2. The number of amides is 1. The smallest absolute Gasteiger partial charge is 0.261 e. The zero-order valence-electron chi connectivity index (χ0n) is 15.4. The van der Waals surface area contributed by atoms with E-state index in [0.717, 1.165) is 48.8 Å². The monoisotopic (exact) mass is 372 g/mol. The van der Waals surface area contributed by atoms with E-state index in [2.05, 4.69) is 26.1 Å². The predicted molar refractivity (Wildman–Crippen MR) is 104 cm³/mol. The van der Waals surface area contributed by atoms with Crippen LogP contribution in [-0.2, 0) is 32.2 Å². The molecule has 3 heterocycles. The number of carbonyl (C=O) groups is 1. The van der Waals surface area contributed by atoms with Gasteiger partial charge in [-0.05, 0) is 50.2 Å². The van der Waals surface area contributed by atoms with Crippen LogP contribution in [0, 0.1) is 0 Å². The van der Waals surface area contributed by atoms with Crippen molar-refractivity contribution in [2.75, 3.05) is 6.54 Å². The summed E-state index contributed by atoms with van der Waals surface area (Å²) >= 11 is 1.69. The van der Waals surface area contributed by atoms with Crippen molar-refractivity contribution in [3.05, 3.63) is 33.0 Å². The van der Waals surface area contributed by atoms with Crippen molar-refractivity contribution in [2.45, 2.75) is 77.2 Å². The van der Waals surface area contributed by atoms with Crippen LogP contribution >= 0.6 is 11.3 Å². The van der Waals surface area contributed by atoms with Gasteiger partial charge in [0.1, 0.15) is 11.6 Å². The minimum atomic E-state index is 0.0670. The van der Waals surface area contributed by atoms with Gasteiger partial charge < -0.3 is 9.88 Å². The quantitative estimate of drug-likeness (QED) is 0.890. The number of aryl methyl sites for hydroxylation is 3. The Hall–Kier alpha value is -1.69. The fourth-order valence-corrected chi connectivity index (χ4v) is 5.23. The van der Waals surface area contributed by atoms with Crippen molar-refractivity contribution < 1.29 is 4.79 Å². The highest BCUT2D eigenvalue weighted by molar-refractivity contribution is 7.14. The molecule has 1 amide bonds. The van der Waals surface area contributed by atoms with Crippen molar-refractivity contribution in [3.8, 4) is 0 Å². The predicted octanol–water partition coefficient (Wildman–Crippen LogP) is 3.70. The number of hydrogen-bond acceptors (Lipinski definition) is 4. The number of rotatable bonds is 4. The summed E-state index contributed by atoms with van der Waals surface area (Å²) < 4.78 is 2.26. The largest absolute Gasteiger partial charge is 0.351 e. The highest BCUT2D eigenvalue weighted by Gasteiger charge is 2.17. The first kappa shape index (κ1) is 17.7. The molecule has 140 valence electrons. The topological polar surface area (TPSA) is 59.8 Å². The summed E-state index contributed by atoms with van der Waals surface area (Å²) in [4.78, 5) is 14.9. The van der Waals surface area contributed by atoms with Crippen molar-refractivity contribution in [1.29, 1.82) is 0 Å². The molecule has 2 aromatic rings. The summed E-state index contributed by atoms with van der Waals surface area (Å²) in [5.74, 6) is 2.19. The molecule has 1 aliphatic heterocycles. The molecule has 0 unspecified atom stereocenters. The molecule has 1 aliphatic carbocycles. The summed E-state index contributed by atoms with van der Waals surface area (Å²) in [5, 5.41) is 11.8. The van der Waals surface area contributed by atoms with Crippen LogP contribution in [0.3, 0.4) is 0 Å². The van der Waals surface area contributed by atoms with Gasteiger partial charge in [0.15, 0.2) is 0 Å². The molecule has 0 atom stereocenters. The SMILES string of the molecule is O=C(NCCc1nnc2n1CCCCC2)c1cc2c(s1)CCCCCC2. The zero-order valence-corrected chi connectivity index (χ0v) is 16.2. The number of hydrogen-bond donors (Lipinski definition) is 1. The Morgan fingerprint density at radius 3 is 2.77 bits per heavy atom. The van der Waals surface area contributed by atoms with Crippen LogP contribution in [0.2, 0.25) is 0 Å². The van der Waals surface area contributed by atoms with Gasteiger partial charge in [0.25, 0.3) is 5.91 Å². The summed E-state index contributed by atoms with van der Waals surface area (Å²) in [6, 6.07) is 2.13. The van der Waals surface area contributed by atoms with Crippen molar-refractivity contribution >= 4 is 17.2 Å². The molecule has 4 rings (SSSR count). The van der Waals surface area contributed by atoms with Gasteiger partial charge in [-0.3, -0.25) is 4.79 Å². The van der Waals surface area contributed by atoms with Gasteiger partial charge in [-0.15, -0.1) is 21.5 Å². The highest BCUT2D eigenvalue weighted by Crippen LogP contribution is 2.28. The Bertz CT molecular complexity index is 738. The van der Waals surface area contributed by atoms with Gasteiger partial charge >= 0.3 is 0 Å². The van der Waals surface area contributed by atoms with Crippen LogP contribution in [0.1, 0.15) is 76.7 Å². The molecule has 0 radical (unpaired) electrons. The van der Waals surface area contributed by atoms with Crippen molar-refractivity contribution in [1.82, 2.24) is 20.1 Å². The fourth-order valence-electron chi connectivity index (χ4n) is 4.06. The lowest BCUT2D eigenvalue weighted by Crippen LogP contribution is -2.26. The van der Waals surface area contributed by atoms with Crippen LogP contribution in [0.25, 0.3) is 0 Å². The molecular weight excluding hydrogens is 344 g/mol. The average molecular weight is 373 g/mol. The zero-order chi connectivity index (χ0) is 17.8. The average Bonchev–Trinajstić information content (AvgIpc) is 3.10. The van der Waals surface area contributed by atoms with Crippen molar-refractivity contribution in [3.63, 3.8) is 0 Å². The van der Waals surface area contributed by atoms with E-state index < -0.39 is 0 Å². The maximum absolute atomic E-state index is 12.6. The van der Waals surface area contributed by atoms with E-state index in [4.69, 9.17) is 0 Å². The van der Waals surface area contributed by atoms with E-state index in [1.165, 1.54) is 55.4 Å². The second kappa shape index (κ2) is 8.33. The Labute approximate surface area is 159 Å². The summed E-state index contributed by atoms with van der Waals surface area (Å²) in [6.45, 7) is 1.64. The second-order valence-electron chi connectivity index (χ2n) is 7.47. The van der Waals surface area contributed by atoms with Crippen LogP contribution < -0.4 is 5.32 Å². The molecule has 0 saturated carbocycles. The molecule has 2 aliphatic rings. The lowest BCUT2D eigenvalue weighted by molar-refractivity contribution is 0.0958. The Morgan fingerprint density at radius 1 is 1.04 bits per heavy atom. The molecule has 26 heavy (non-hydrogen) atoms.